The van der Waals surface area contributed by atoms with Crippen LogP contribution in [0, 0.1) is 11.8 Å². The van der Waals surface area contributed by atoms with Gasteiger partial charge < -0.3 is 11.1 Å². The molecule has 0 aliphatic heterocycles. The van der Waals surface area contributed by atoms with Gasteiger partial charge in [0.25, 0.3) is 0 Å². The minimum atomic E-state index is -3.35. The smallest absolute Gasteiger partial charge is 0.185 e. The quantitative estimate of drug-likeness (QED) is 0.865. The zero-order valence-corrected chi connectivity index (χ0v) is 14.6. The Morgan fingerprint density at radius 3 is 2.76 bits per heavy atom. The molecule has 0 amide bonds. The highest BCUT2D eigenvalue weighted by Crippen LogP contribution is 2.37. The van der Waals surface area contributed by atoms with Gasteiger partial charge in [0.2, 0.25) is 0 Å². The highest BCUT2D eigenvalue weighted by Gasteiger charge is 2.31. The van der Waals surface area contributed by atoms with Crippen molar-refractivity contribution in [1.29, 1.82) is 0 Å². The van der Waals surface area contributed by atoms with Crippen molar-refractivity contribution in [2.75, 3.05) is 16.8 Å². The summed E-state index contributed by atoms with van der Waals surface area (Å²) in [5, 5.41) is 4.03. The fourth-order valence-electron chi connectivity index (χ4n) is 3.01. The third-order valence-electron chi connectivity index (χ3n) is 4.48. The number of sulfone groups is 1. The Balaban J connectivity index is 2.26. The summed E-state index contributed by atoms with van der Waals surface area (Å²) in [6.45, 7) is 6.34. The lowest BCUT2D eigenvalue weighted by Crippen LogP contribution is -2.35. The van der Waals surface area contributed by atoms with Crippen LogP contribution in [-0.2, 0) is 9.84 Å². The minimum Gasteiger partial charge on any atom is -0.382 e. The van der Waals surface area contributed by atoms with Crippen molar-refractivity contribution in [2.45, 2.75) is 57.4 Å². The first-order valence-electron chi connectivity index (χ1n) is 7.61. The Morgan fingerprint density at radius 2 is 2.10 bits per heavy atom. The van der Waals surface area contributed by atoms with E-state index in [4.69, 9.17) is 5.73 Å². The lowest BCUT2D eigenvalue weighted by Gasteiger charge is -2.34. The molecule has 1 aliphatic carbocycles. The number of nitrogens with two attached hydrogens (primary N) is 1. The SMILES string of the molecule is CCCS(=O)(=O)c1c(N)nsc1NC1CCCC(C)C1C. The van der Waals surface area contributed by atoms with Crippen LogP contribution < -0.4 is 11.1 Å². The maximum atomic E-state index is 12.4. The van der Waals surface area contributed by atoms with Gasteiger partial charge in [0, 0.05) is 6.04 Å². The Labute approximate surface area is 131 Å². The van der Waals surface area contributed by atoms with Gasteiger partial charge in [-0.2, -0.15) is 4.37 Å². The average molecular weight is 332 g/mol. The van der Waals surface area contributed by atoms with E-state index in [0.29, 0.717) is 29.3 Å². The first-order valence-corrected chi connectivity index (χ1v) is 10.0. The van der Waals surface area contributed by atoms with Gasteiger partial charge in [0.1, 0.15) is 9.90 Å². The van der Waals surface area contributed by atoms with Gasteiger partial charge in [0.15, 0.2) is 15.7 Å². The van der Waals surface area contributed by atoms with Crippen molar-refractivity contribution in [1.82, 2.24) is 4.37 Å². The van der Waals surface area contributed by atoms with Gasteiger partial charge in [-0.25, -0.2) is 8.42 Å². The number of nitrogen functional groups attached to an aromatic ring is 1. The van der Waals surface area contributed by atoms with E-state index in [-0.39, 0.29) is 16.5 Å². The molecule has 0 spiro atoms. The second-order valence-corrected chi connectivity index (χ2v) is 8.88. The number of aromatic nitrogens is 1. The summed E-state index contributed by atoms with van der Waals surface area (Å²) in [6, 6.07) is 0.296. The number of nitrogens with zero attached hydrogens (tertiary/aromatic N) is 1. The number of nitrogens with one attached hydrogen (secondary N) is 1. The number of rotatable bonds is 5. The van der Waals surface area contributed by atoms with Crippen LogP contribution in [0.1, 0.15) is 46.5 Å². The van der Waals surface area contributed by atoms with Crippen molar-refractivity contribution < 1.29 is 8.42 Å². The van der Waals surface area contributed by atoms with Crippen LogP contribution in [0.3, 0.4) is 0 Å². The van der Waals surface area contributed by atoms with E-state index in [0.717, 1.165) is 18.0 Å². The molecule has 1 fully saturated rings. The van der Waals surface area contributed by atoms with Gasteiger partial charge in [-0.15, -0.1) is 0 Å². The summed E-state index contributed by atoms with van der Waals surface area (Å²) < 4.78 is 28.8. The third-order valence-corrected chi connectivity index (χ3v) is 7.38. The maximum absolute atomic E-state index is 12.4. The lowest BCUT2D eigenvalue weighted by atomic mass is 9.78. The zero-order valence-electron chi connectivity index (χ0n) is 12.9. The predicted molar refractivity (Wildman–Crippen MR) is 88.5 cm³/mol. The fraction of sp³-hybridized carbons (Fsp3) is 0.786. The summed E-state index contributed by atoms with van der Waals surface area (Å²) in [5.41, 5.74) is 5.80. The van der Waals surface area contributed by atoms with E-state index >= 15 is 0 Å². The van der Waals surface area contributed by atoms with Crippen molar-refractivity contribution in [2.24, 2.45) is 11.8 Å². The monoisotopic (exact) mass is 331 g/mol. The van der Waals surface area contributed by atoms with Gasteiger partial charge >= 0.3 is 0 Å². The number of hydrogen-bond acceptors (Lipinski definition) is 6. The van der Waals surface area contributed by atoms with Gasteiger partial charge in [0.05, 0.1) is 5.75 Å². The van der Waals surface area contributed by atoms with E-state index in [1.807, 2.05) is 6.92 Å². The van der Waals surface area contributed by atoms with Gasteiger partial charge in [-0.1, -0.05) is 33.6 Å². The van der Waals surface area contributed by atoms with E-state index in [1.54, 1.807) is 0 Å². The predicted octanol–water partition coefficient (Wildman–Crippen LogP) is 3.15. The molecule has 1 aromatic rings. The van der Waals surface area contributed by atoms with Gasteiger partial charge in [-0.3, -0.25) is 0 Å². The molecule has 120 valence electrons. The van der Waals surface area contributed by atoms with E-state index in [9.17, 15) is 8.42 Å². The molecule has 1 saturated carbocycles. The number of anilines is 2. The molecule has 1 aromatic heterocycles. The molecule has 1 heterocycles. The summed E-state index contributed by atoms with van der Waals surface area (Å²) in [4.78, 5) is 0.208. The molecule has 3 atom stereocenters. The van der Waals surface area contributed by atoms with Crippen LogP contribution in [0.4, 0.5) is 10.8 Å². The largest absolute Gasteiger partial charge is 0.382 e. The summed E-state index contributed by atoms with van der Waals surface area (Å²) in [5.74, 6) is 1.41. The fourth-order valence-corrected chi connectivity index (χ4v) is 5.68. The standard InChI is InChI=1S/C14H25N3O2S2/c1-4-8-21(18,19)12-13(15)17-20-14(12)16-11-7-5-6-9(2)10(11)3/h9-11,16H,4-8H2,1-3H3,(H2,15,17). The highest BCUT2D eigenvalue weighted by molar-refractivity contribution is 7.91. The highest BCUT2D eigenvalue weighted by atomic mass is 32.2. The second kappa shape index (κ2) is 6.52. The van der Waals surface area contributed by atoms with Crippen LogP contribution in [-0.4, -0.2) is 24.6 Å². The Hall–Kier alpha value is -0.820. The van der Waals surface area contributed by atoms with Crippen molar-refractivity contribution in [3.8, 4) is 0 Å². The number of hydrogen-bond donors (Lipinski definition) is 2. The molecule has 7 heteroatoms. The first kappa shape index (κ1) is 16.5. The third kappa shape index (κ3) is 3.51. The zero-order chi connectivity index (χ0) is 15.6. The lowest BCUT2D eigenvalue weighted by molar-refractivity contribution is 0.253. The van der Waals surface area contributed by atoms with Crippen molar-refractivity contribution in [3.63, 3.8) is 0 Å². The molecule has 0 radical (unpaired) electrons. The molecule has 5 nitrogen and oxygen atoms in total. The molecule has 0 bridgehead atoms. The van der Waals surface area contributed by atoms with Crippen LogP contribution in [0.15, 0.2) is 4.90 Å². The molecule has 0 aromatic carbocycles. The molecule has 2 rings (SSSR count). The average Bonchev–Trinajstić information content (AvgIpc) is 2.77. The first-order chi connectivity index (χ1) is 9.86. The molecule has 3 unspecified atom stereocenters. The van der Waals surface area contributed by atoms with E-state index in [1.165, 1.54) is 12.8 Å². The maximum Gasteiger partial charge on any atom is 0.185 e. The summed E-state index contributed by atoms with van der Waals surface area (Å²) in [7, 11) is -3.35. The van der Waals surface area contributed by atoms with Crippen molar-refractivity contribution in [3.05, 3.63) is 0 Å². The second-order valence-electron chi connectivity index (χ2n) is 6.06. The van der Waals surface area contributed by atoms with Crippen LogP contribution in [0.25, 0.3) is 0 Å². The normalized spacial score (nSPS) is 26.7. The molecular formula is C14H25N3O2S2. The van der Waals surface area contributed by atoms with Crippen LogP contribution in [0.2, 0.25) is 0 Å². The van der Waals surface area contributed by atoms with E-state index < -0.39 is 9.84 Å². The Bertz CT molecular complexity index is 583. The summed E-state index contributed by atoms with van der Waals surface area (Å²) >= 11 is 1.16. The Morgan fingerprint density at radius 1 is 1.38 bits per heavy atom. The van der Waals surface area contributed by atoms with Gasteiger partial charge in [-0.05, 0) is 36.2 Å². The molecule has 0 saturated heterocycles. The van der Waals surface area contributed by atoms with E-state index in [2.05, 4.69) is 23.5 Å². The Kier molecular flexibility index (Phi) is 5.14. The minimum absolute atomic E-state index is 0.112. The molecule has 3 N–H and O–H groups in total. The molecule has 1 aliphatic rings. The van der Waals surface area contributed by atoms with Crippen LogP contribution in [0.5, 0.6) is 0 Å². The summed E-state index contributed by atoms with van der Waals surface area (Å²) in [6.07, 6.45) is 4.06. The van der Waals surface area contributed by atoms with Crippen LogP contribution >= 0.6 is 11.5 Å². The topological polar surface area (TPSA) is 85.1 Å². The van der Waals surface area contributed by atoms with Crippen molar-refractivity contribution >= 4 is 32.2 Å². The molecule has 21 heavy (non-hydrogen) atoms. The molecular weight excluding hydrogens is 306 g/mol.